The van der Waals surface area contributed by atoms with Crippen LogP contribution < -0.4 is 4.74 Å². The average molecular weight is 263 g/mol. The molecule has 0 amide bonds. The average Bonchev–Trinajstić information content (AvgIpc) is 2.06. The van der Waals surface area contributed by atoms with Gasteiger partial charge in [-0.05, 0) is 39.9 Å². The molecule has 78 valence electrons. The van der Waals surface area contributed by atoms with E-state index < -0.39 is 12.1 Å². The molecular weight excluding hydrogens is 260 g/mol. The zero-order chi connectivity index (χ0) is 10.8. The second-order valence-corrected chi connectivity index (χ2v) is 3.71. The van der Waals surface area contributed by atoms with E-state index in [0.717, 1.165) is 17.0 Å². The molecule has 0 aliphatic rings. The van der Waals surface area contributed by atoms with Gasteiger partial charge in [-0.15, -0.1) is 13.2 Å². The number of alkyl halides is 3. The van der Waals surface area contributed by atoms with E-state index in [2.05, 4.69) is 4.74 Å². The molecule has 0 saturated heterocycles. The molecule has 0 aromatic heterocycles. The van der Waals surface area contributed by atoms with Crippen LogP contribution in [0.2, 0.25) is 5.02 Å². The van der Waals surface area contributed by atoms with Gasteiger partial charge in [0.2, 0.25) is 0 Å². The van der Waals surface area contributed by atoms with E-state index in [-0.39, 0.29) is 5.02 Å². The van der Waals surface area contributed by atoms with E-state index in [1.54, 1.807) is 0 Å². The zero-order valence-corrected chi connectivity index (χ0v) is 8.77. The van der Waals surface area contributed by atoms with E-state index in [0.29, 0.717) is 4.90 Å². The van der Waals surface area contributed by atoms with Crippen LogP contribution in [0.25, 0.3) is 0 Å². The molecule has 1 nitrogen and oxygen atoms in total. The first-order chi connectivity index (χ1) is 6.42. The molecule has 1 rings (SSSR count). The lowest BCUT2D eigenvalue weighted by molar-refractivity contribution is -0.274. The molecule has 0 heterocycles. The quantitative estimate of drug-likeness (QED) is 0.777. The fourth-order valence-electron chi connectivity index (χ4n) is 0.737. The molecule has 0 unspecified atom stereocenters. The summed E-state index contributed by atoms with van der Waals surface area (Å²) in [7, 11) is 6.24. The molecule has 0 aliphatic carbocycles. The molecule has 0 N–H and O–H groups in total. The van der Waals surface area contributed by atoms with E-state index in [9.17, 15) is 13.2 Å². The Kier molecular flexibility index (Phi) is 3.80. The van der Waals surface area contributed by atoms with Crippen molar-refractivity contribution >= 4 is 33.3 Å². The molecular formula is C7H3Cl2F3OS. The lowest BCUT2D eigenvalue weighted by atomic mass is 10.3. The largest absolute Gasteiger partial charge is 0.573 e. The SMILES string of the molecule is FC(F)(F)Oc1ccc(SCl)cc1Cl. The first kappa shape index (κ1) is 11.8. The molecule has 0 saturated carbocycles. The molecule has 0 radical (unpaired) electrons. The Balaban J connectivity index is 2.89. The lowest BCUT2D eigenvalue weighted by Gasteiger charge is -2.10. The maximum absolute atomic E-state index is 11.8. The van der Waals surface area contributed by atoms with E-state index >= 15 is 0 Å². The van der Waals surface area contributed by atoms with Gasteiger partial charge in [0.15, 0.2) is 0 Å². The predicted molar refractivity (Wildman–Crippen MR) is 49.8 cm³/mol. The van der Waals surface area contributed by atoms with Crippen molar-refractivity contribution in [2.75, 3.05) is 0 Å². The Hall–Kier alpha value is -0.260. The summed E-state index contributed by atoms with van der Waals surface area (Å²) in [6, 6.07) is 3.78. The van der Waals surface area contributed by atoms with Crippen molar-refractivity contribution < 1.29 is 17.9 Å². The number of rotatable bonds is 2. The monoisotopic (exact) mass is 262 g/mol. The molecule has 0 aliphatic heterocycles. The van der Waals surface area contributed by atoms with Crippen LogP contribution in [0.4, 0.5) is 13.2 Å². The second-order valence-electron chi connectivity index (χ2n) is 2.22. The summed E-state index contributed by atoms with van der Waals surface area (Å²) in [5.74, 6) is -0.436. The van der Waals surface area contributed by atoms with E-state index in [1.165, 1.54) is 12.1 Å². The van der Waals surface area contributed by atoms with Crippen molar-refractivity contribution in [3.8, 4) is 5.75 Å². The summed E-state index contributed by atoms with van der Waals surface area (Å²) in [6.07, 6.45) is -4.74. The number of benzene rings is 1. The summed E-state index contributed by atoms with van der Waals surface area (Å²) in [4.78, 5) is 0.547. The van der Waals surface area contributed by atoms with Crippen LogP contribution in [0, 0.1) is 0 Å². The normalized spacial score (nSPS) is 11.5. The van der Waals surface area contributed by atoms with Gasteiger partial charge >= 0.3 is 6.36 Å². The maximum Gasteiger partial charge on any atom is 0.573 e. The van der Waals surface area contributed by atoms with Gasteiger partial charge in [0.1, 0.15) is 5.75 Å². The summed E-state index contributed by atoms with van der Waals surface area (Å²) in [5, 5.41) is -0.132. The Bertz CT molecular complexity index is 329. The van der Waals surface area contributed by atoms with Gasteiger partial charge in [-0.2, -0.15) is 0 Å². The van der Waals surface area contributed by atoms with Crippen molar-refractivity contribution in [3.05, 3.63) is 23.2 Å². The molecule has 14 heavy (non-hydrogen) atoms. The summed E-state index contributed by atoms with van der Waals surface area (Å²) >= 11 is 5.52. The summed E-state index contributed by atoms with van der Waals surface area (Å²) in [5.41, 5.74) is 0. The first-order valence-electron chi connectivity index (χ1n) is 3.26. The van der Waals surface area contributed by atoms with Gasteiger partial charge in [0, 0.05) is 4.90 Å². The Morgan fingerprint density at radius 1 is 1.29 bits per heavy atom. The smallest absolute Gasteiger partial charge is 0.404 e. The molecule has 0 bridgehead atoms. The number of hydrogen-bond donors (Lipinski definition) is 0. The molecule has 1 aromatic rings. The van der Waals surface area contributed by atoms with Crippen molar-refractivity contribution in [3.63, 3.8) is 0 Å². The van der Waals surface area contributed by atoms with Gasteiger partial charge in [0.25, 0.3) is 0 Å². The van der Waals surface area contributed by atoms with Crippen LogP contribution >= 0.6 is 33.3 Å². The van der Waals surface area contributed by atoms with Crippen LogP contribution in [-0.4, -0.2) is 6.36 Å². The third-order valence-electron chi connectivity index (χ3n) is 1.22. The highest BCUT2D eigenvalue weighted by molar-refractivity contribution is 8.21. The van der Waals surface area contributed by atoms with Crippen LogP contribution in [0.1, 0.15) is 0 Å². The molecule has 1 aromatic carbocycles. The highest BCUT2D eigenvalue weighted by atomic mass is 35.7. The third-order valence-corrected chi connectivity index (χ3v) is 2.48. The third kappa shape index (κ3) is 3.48. The molecule has 0 fully saturated rings. The van der Waals surface area contributed by atoms with E-state index in [1.807, 2.05) is 0 Å². The highest BCUT2D eigenvalue weighted by Gasteiger charge is 2.31. The standard InChI is InChI=1S/C7H3Cl2F3OS/c8-5-3-4(14-9)1-2-6(5)13-7(10,11)12/h1-3H. The van der Waals surface area contributed by atoms with Crippen molar-refractivity contribution in [2.45, 2.75) is 11.3 Å². The molecule has 0 atom stereocenters. The molecule has 0 spiro atoms. The molecule has 7 heteroatoms. The second kappa shape index (κ2) is 4.51. The fraction of sp³-hybridized carbons (Fsp3) is 0.143. The Morgan fingerprint density at radius 2 is 1.93 bits per heavy atom. The minimum Gasteiger partial charge on any atom is -0.404 e. The number of hydrogen-bond acceptors (Lipinski definition) is 2. The number of halogens is 5. The minimum absolute atomic E-state index is 0.132. The lowest BCUT2D eigenvalue weighted by Crippen LogP contribution is -2.17. The van der Waals surface area contributed by atoms with Gasteiger partial charge in [-0.25, -0.2) is 0 Å². The summed E-state index contributed by atoms with van der Waals surface area (Å²) in [6.45, 7) is 0. The fourth-order valence-corrected chi connectivity index (χ4v) is 1.59. The first-order valence-corrected chi connectivity index (χ1v) is 5.28. The van der Waals surface area contributed by atoms with Crippen molar-refractivity contribution in [1.29, 1.82) is 0 Å². The number of ether oxygens (including phenoxy) is 1. The van der Waals surface area contributed by atoms with Crippen molar-refractivity contribution in [1.82, 2.24) is 0 Å². The topological polar surface area (TPSA) is 9.23 Å². The van der Waals surface area contributed by atoms with Crippen molar-refractivity contribution in [2.24, 2.45) is 0 Å². The van der Waals surface area contributed by atoms with E-state index in [4.69, 9.17) is 22.3 Å². The Labute approximate surface area is 91.6 Å². The zero-order valence-electron chi connectivity index (χ0n) is 6.44. The summed E-state index contributed by atoms with van der Waals surface area (Å²) < 4.78 is 39.0. The van der Waals surface area contributed by atoms with Crippen LogP contribution in [0.3, 0.4) is 0 Å². The van der Waals surface area contributed by atoms with Crippen LogP contribution in [0.15, 0.2) is 23.1 Å². The van der Waals surface area contributed by atoms with Gasteiger partial charge in [-0.3, -0.25) is 0 Å². The predicted octanol–water partition coefficient (Wildman–Crippen LogP) is 4.48. The van der Waals surface area contributed by atoms with Gasteiger partial charge in [-0.1, -0.05) is 11.6 Å². The minimum atomic E-state index is -4.74. The van der Waals surface area contributed by atoms with Gasteiger partial charge in [0.05, 0.1) is 5.02 Å². The highest BCUT2D eigenvalue weighted by Crippen LogP contribution is 2.34. The van der Waals surface area contributed by atoms with Crippen LogP contribution in [0.5, 0.6) is 5.75 Å². The maximum atomic E-state index is 11.8. The van der Waals surface area contributed by atoms with Crippen LogP contribution in [-0.2, 0) is 0 Å². The Morgan fingerprint density at radius 3 is 2.36 bits per heavy atom. The van der Waals surface area contributed by atoms with Gasteiger partial charge < -0.3 is 4.74 Å².